The lowest BCUT2D eigenvalue weighted by Gasteiger charge is -2.15. The van der Waals surface area contributed by atoms with E-state index in [9.17, 15) is 0 Å². The molecule has 1 aromatic carbocycles. The number of benzene rings is 1. The molecule has 19 heavy (non-hydrogen) atoms. The number of nitrogens with one attached hydrogen (secondary N) is 1. The third-order valence-corrected chi connectivity index (χ3v) is 6.06. The summed E-state index contributed by atoms with van der Waals surface area (Å²) in [6.45, 7) is 2.21. The van der Waals surface area contributed by atoms with Crippen LogP contribution < -0.4 is 4.68 Å². The van der Waals surface area contributed by atoms with Crippen molar-refractivity contribution in [1.82, 2.24) is 15.1 Å². The highest BCUT2D eigenvalue weighted by Crippen LogP contribution is 2.31. The SMILES string of the molecule is CC1(CBr)CSc2nc3[nH]c4ccccc4c3n[n+]21. The molecule has 0 aliphatic carbocycles. The van der Waals surface area contributed by atoms with E-state index in [2.05, 4.69) is 44.7 Å². The first-order valence-electron chi connectivity index (χ1n) is 6.11. The van der Waals surface area contributed by atoms with Crippen molar-refractivity contribution in [2.24, 2.45) is 0 Å². The molecule has 0 saturated heterocycles. The van der Waals surface area contributed by atoms with E-state index in [0.29, 0.717) is 0 Å². The molecular weight excluding hydrogens is 324 g/mol. The van der Waals surface area contributed by atoms with Crippen LogP contribution in [-0.2, 0) is 5.54 Å². The number of hydrogen-bond acceptors (Lipinski definition) is 3. The highest BCUT2D eigenvalue weighted by atomic mass is 79.9. The Morgan fingerprint density at radius 2 is 2.32 bits per heavy atom. The van der Waals surface area contributed by atoms with Crippen molar-refractivity contribution in [3.05, 3.63) is 24.3 Å². The lowest BCUT2D eigenvalue weighted by atomic mass is 10.1. The fraction of sp³-hybridized carbons (Fsp3) is 0.308. The van der Waals surface area contributed by atoms with E-state index in [0.717, 1.165) is 38.3 Å². The minimum atomic E-state index is -0.000433. The molecule has 2 aromatic heterocycles. The van der Waals surface area contributed by atoms with Gasteiger partial charge in [-0.3, -0.25) is 0 Å². The van der Waals surface area contributed by atoms with Crippen LogP contribution in [0.3, 0.4) is 0 Å². The van der Waals surface area contributed by atoms with Crippen molar-refractivity contribution in [2.75, 3.05) is 11.1 Å². The van der Waals surface area contributed by atoms with Crippen molar-refractivity contribution in [3.8, 4) is 0 Å². The van der Waals surface area contributed by atoms with E-state index in [-0.39, 0.29) is 5.54 Å². The average molecular weight is 336 g/mol. The van der Waals surface area contributed by atoms with Gasteiger partial charge in [-0.1, -0.05) is 39.2 Å². The maximum atomic E-state index is 4.84. The quantitative estimate of drug-likeness (QED) is 0.549. The maximum Gasteiger partial charge on any atom is 0.382 e. The molecule has 0 fully saturated rings. The number of rotatable bonds is 1. The molecule has 3 aromatic rings. The summed E-state index contributed by atoms with van der Waals surface area (Å²) >= 11 is 5.36. The molecule has 0 spiro atoms. The number of para-hydroxylation sites is 1. The molecule has 0 bridgehead atoms. The summed E-state index contributed by atoms with van der Waals surface area (Å²) < 4.78 is 2.06. The second-order valence-electron chi connectivity index (χ2n) is 5.09. The first kappa shape index (κ1) is 11.7. The summed E-state index contributed by atoms with van der Waals surface area (Å²) in [4.78, 5) is 8.06. The maximum absolute atomic E-state index is 4.84. The van der Waals surface area contributed by atoms with Gasteiger partial charge >= 0.3 is 5.16 Å². The number of fused-ring (bicyclic) bond motifs is 4. The van der Waals surface area contributed by atoms with Crippen molar-refractivity contribution in [2.45, 2.75) is 17.6 Å². The molecule has 1 unspecified atom stereocenters. The molecule has 1 atom stereocenters. The lowest BCUT2D eigenvalue weighted by molar-refractivity contribution is -0.830. The van der Waals surface area contributed by atoms with Gasteiger partial charge in [0.15, 0.2) is 11.1 Å². The van der Waals surface area contributed by atoms with Crippen molar-refractivity contribution in [1.29, 1.82) is 0 Å². The molecule has 1 N–H and O–H groups in total. The minimum absolute atomic E-state index is 0.000433. The zero-order valence-corrected chi connectivity index (χ0v) is 12.8. The molecule has 0 saturated carbocycles. The number of thioether (sulfide) groups is 1. The highest BCUT2D eigenvalue weighted by Gasteiger charge is 2.43. The second kappa shape index (κ2) is 3.93. The molecule has 96 valence electrons. The zero-order chi connectivity index (χ0) is 13.0. The number of halogens is 1. The Labute approximate surface area is 122 Å². The van der Waals surface area contributed by atoms with E-state index in [1.807, 2.05) is 12.1 Å². The van der Waals surface area contributed by atoms with Gasteiger partial charge in [-0.2, -0.15) is 0 Å². The zero-order valence-electron chi connectivity index (χ0n) is 10.4. The van der Waals surface area contributed by atoms with Crippen LogP contribution in [0.4, 0.5) is 0 Å². The molecule has 3 heterocycles. The van der Waals surface area contributed by atoms with Crippen LogP contribution in [0.5, 0.6) is 0 Å². The molecule has 4 nitrogen and oxygen atoms in total. The molecule has 6 heteroatoms. The largest absolute Gasteiger partial charge is 0.382 e. The van der Waals surface area contributed by atoms with Crippen LogP contribution >= 0.6 is 27.7 Å². The number of nitrogens with zero attached hydrogens (tertiary/aromatic N) is 3. The highest BCUT2D eigenvalue weighted by molar-refractivity contribution is 9.09. The van der Waals surface area contributed by atoms with Crippen molar-refractivity contribution < 1.29 is 4.68 Å². The standard InChI is InChI=1S/C13H11BrN4S/c1-13(6-14)7-19-12-16-11-10(17-18(12)13)8-4-2-3-5-9(8)15-11/h2-5H,6-7H2,1H3/p+1. The Bertz CT molecular complexity index is 800. The Kier molecular flexibility index (Phi) is 2.41. The summed E-state index contributed by atoms with van der Waals surface area (Å²) in [5.41, 5.74) is 2.92. The van der Waals surface area contributed by atoms with Crippen LogP contribution in [0.1, 0.15) is 6.92 Å². The van der Waals surface area contributed by atoms with Crippen LogP contribution in [-0.4, -0.2) is 26.1 Å². The van der Waals surface area contributed by atoms with Crippen LogP contribution in [0.25, 0.3) is 22.1 Å². The second-order valence-corrected chi connectivity index (χ2v) is 6.60. The first-order valence-corrected chi connectivity index (χ1v) is 8.22. The number of hydrogen-bond donors (Lipinski definition) is 1. The van der Waals surface area contributed by atoms with Gasteiger partial charge < -0.3 is 4.98 Å². The monoisotopic (exact) mass is 335 g/mol. The number of aromatic nitrogens is 4. The molecule has 4 rings (SSSR count). The molecular formula is C13H12BrN4S+. The van der Waals surface area contributed by atoms with Gasteiger partial charge in [0, 0.05) is 10.7 Å². The number of alkyl halides is 1. The summed E-state index contributed by atoms with van der Waals surface area (Å²) in [7, 11) is 0. The van der Waals surface area contributed by atoms with Gasteiger partial charge in [-0.15, -0.1) is 4.68 Å². The van der Waals surface area contributed by atoms with Crippen LogP contribution in [0, 0.1) is 0 Å². The molecule has 0 amide bonds. The molecule has 1 aliphatic rings. The van der Waals surface area contributed by atoms with E-state index in [1.165, 1.54) is 0 Å². The van der Waals surface area contributed by atoms with Gasteiger partial charge in [0.2, 0.25) is 0 Å². The van der Waals surface area contributed by atoms with Gasteiger partial charge in [0.05, 0.1) is 11.3 Å². The lowest BCUT2D eigenvalue weighted by Crippen LogP contribution is -2.57. The summed E-state index contributed by atoms with van der Waals surface area (Å²) in [5, 5.41) is 7.84. The topological polar surface area (TPSA) is 45.5 Å². The van der Waals surface area contributed by atoms with Gasteiger partial charge in [-0.05, 0) is 29.7 Å². The predicted molar refractivity (Wildman–Crippen MR) is 79.8 cm³/mol. The van der Waals surface area contributed by atoms with E-state index in [4.69, 9.17) is 10.1 Å². The average Bonchev–Trinajstić information content (AvgIpc) is 2.96. The Balaban J connectivity index is 2.09. The Morgan fingerprint density at radius 3 is 3.16 bits per heavy atom. The van der Waals surface area contributed by atoms with E-state index in [1.54, 1.807) is 11.8 Å². The van der Waals surface area contributed by atoms with Gasteiger partial charge in [0.25, 0.3) is 5.65 Å². The summed E-state index contributed by atoms with van der Waals surface area (Å²) in [5.74, 6) is 1.00. The molecule has 1 aliphatic heterocycles. The number of H-pyrrole nitrogens is 1. The third-order valence-electron chi connectivity index (χ3n) is 3.56. The van der Waals surface area contributed by atoms with Crippen LogP contribution in [0.15, 0.2) is 29.4 Å². The first-order chi connectivity index (χ1) is 9.21. The van der Waals surface area contributed by atoms with Crippen LogP contribution in [0.2, 0.25) is 0 Å². The minimum Gasteiger partial charge on any atom is -0.317 e. The van der Waals surface area contributed by atoms with Gasteiger partial charge in [-0.25, -0.2) is 0 Å². The Morgan fingerprint density at radius 1 is 1.47 bits per heavy atom. The molecule has 0 radical (unpaired) electrons. The fourth-order valence-corrected chi connectivity index (χ4v) is 4.30. The predicted octanol–water partition coefficient (Wildman–Crippen LogP) is 2.61. The normalized spacial score (nSPS) is 22.2. The summed E-state index contributed by atoms with van der Waals surface area (Å²) in [6, 6.07) is 8.21. The third kappa shape index (κ3) is 1.56. The smallest absolute Gasteiger partial charge is 0.317 e. The van der Waals surface area contributed by atoms with Crippen molar-refractivity contribution >= 4 is 49.8 Å². The van der Waals surface area contributed by atoms with Gasteiger partial charge in [0.1, 0.15) is 0 Å². The summed E-state index contributed by atoms with van der Waals surface area (Å²) in [6.07, 6.45) is 0. The fourth-order valence-electron chi connectivity index (χ4n) is 2.40. The number of aromatic amines is 1. The van der Waals surface area contributed by atoms with E-state index < -0.39 is 0 Å². The van der Waals surface area contributed by atoms with E-state index >= 15 is 0 Å². The Hall–Kier alpha value is -1.14. The van der Waals surface area contributed by atoms with Crippen molar-refractivity contribution in [3.63, 3.8) is 0 Å².